The molecule has 6 rings (SSSR count). The monoisotopic (exact) mass is 460 g/mol. The molecule has 0 atom stereocenters. The summed E-state index contributed by atoms with van der Waals surface area (Å²) in [6, 6.07) is 19.9. The molecule has 0 radical (unpaired) electrons. The molecule has 5 aromatic rings. The highest BCUT2D eigenvalue weighted by atomic mass is 16.3. The molecule has 3 heteroatoms. The van der Waals surface area contributed by atoms with Gasteiger partial charge in [0.2, 0.25) is 0 Å². The molecule has 0 saturated heterocycles. The molecule has 176 valence electrons. The van der Waals surface area contributed by atoms with Crippen molar-refractivity contribution in [3.63, 3.8) is 0 Å². The third-order valence-corrected chi connectivity index (χ3v) is 7.26. The lowest BCUT2D eigenvalue weighted by Gasteiger charge is -2.22. The fraction of sp³-hybridized carbons (Fsp3) is 0.312. The summed E-state index contributed by atoms with van der Waals surface area (Å²) in [6.45, 7) is 11.4. The van der Waals surface area contributed by atoms with E-state index >= 15 is 0 Å². The maximum Gasteiger partial charge on any atom is 0.179 e. The third kappa shape index (κ3) is 3.65. The van der Waals surface area contributed by atoms with Crippen LogP contribution in [0, 0.1) is 5.92 Å². The van der Waals surface area contributed by atoms with Gasteiger partial charge in [0, 0.05) is 12.0 Å². The number of fused-ring (bicyclic) bond motifs is 6. The van der Waals surface area contributed by atoms with E-state index in [-0.39, 0.29) is 5.41 Å². The van der Waals surface area contributed by atoms with E-state index in [1.165, 1.54) is 33.0 Å². The smallest absolute Gasteiger partial charge is 0.179 e. The van der Waals surface area contributed by atoms with Crippen molar-refractivity contribution in [3.8, 4) is 22.4 Å². The zero-order valence-electron chi connectivity index (χ0n) is 21.3. The van der Waals surface area contributed by atoms with E-state index < -0.39 is 0 Å². The minimum atomic E-state index is 0.00984. The van der Waals surface area contributed by atoms with E-state index in [1.54, 1.807) is 6.33 Å². The van der Waals surface area contributed by atoms with Crippen LogP contribution in [0.25, 0.3) is 44.3 Å². The second-order valence-corrected chi connectivity index (χ2v) is 11.3. The Morgan fingerprint density at radius 3 is 2.57 bits per heavy atom. The fourth-order valence-corrected chi connectivity index (χ4v) is 5.72. The number of nitrogens with zero attached hydrogens (tertiary/aromatic N) is 2. The van der Waals surface area contributed by atoms with Crippen molar-refractivity contribution in [1.82, 2.24) is 9.97 Å². The molecule has 0 spiro atoms. The maximum atomic E-state index is 6.57. The molecule has 0 unspecified atom stereocenters. The lowest BCUT2D eigenvalue weighted by atomic mass is 9.82. The summed E-state index contributed by atoms with van der Waals surface area (Å²) in [6.07, 6.45) is 4.71. The Bertz CT molecular complexity index is 1580. The molecule has 1 aliphatic carbocycles. The van der Waals surface area contributed by atoms with Crippen LogP contribution < -0.4 is 0 Å². The normalized spacial score (nSPS) is 13.4. The molecule has 3 nitrogen and oxygen atoms in total. The Hall–Kier alpha value is -3.46. The molecule has 2 aromatic heterocycles. The molecule has 35 heavy (non-hydrogen) atoms. The van der Waals surface area contributed by atoms with E-state index in [2.05, 4.69) is 89.2 Å². The molecule has 0 N–H and O–H groups in total. The summed E-state index contributed by atoms with van der Waals surface area (Å²) in [5.41, 5.74) is 10.4. The van der Waals surface area contributed by atoms with Crippen LogP contribution in [0.1, 0.15) is 57.1 Å². The number of furan rings is 1. The van der Waals surface area contributed by atoms with Crippen LogP contribution in [0.2, 0.25) is 0 Å². The third-order valence-electron chi connectivity index (χ3n) is 7.26. The van der Waals surface area contributed by atoms with Crippen LogP contribution in [0.15, 0.2) is 65.3 Å². The number of aryl methyl sites for hydroxylation is 1. The number of hydrogen-bond donors (Lipinski definition) is 0. The Morgan fingerprint density at radius 1 is 0.943 bits per heavy atom. The quantitative estimate of drug-likeness (QED) is 0.272. The maximum absolute atomic E-state index is 6.57. The van der Waals surface area contributed by atoms with Gasteiger partial charge in [0.25, 0.3) is 0 Å². The topological polar surface area (TPSA) is 38.9 Å². The minimum absolute atomic E-state index is 0.00984. The van der Waals surface area contributed by atoms with Crippen LogP contribution in [0.3, 0.4) is 0 Å². The fourth-order valence-electron chi connectivity index (χ4n) is 5.72. The lowest BCUT2D eigenvalue weighted by Crippen LogP contribution is -2.12. The molecule has 0 saturated carbocycles. The standard InChI is InChI=1S/C32H32N2O/c1-19(2)15-20-10-8-12-25-23(20)13-14-27-28(25)30-31(35-27)29(33-18-34-30)22-16-21-9-6-7-11-24(21)26(17-22)32(3,4)5/h6-12,16-19H,13-15H2,1-5H3. The van der Waals surface area contributed by atoms with Gasteiger partial charge in [-0.05, 0) is 69.3 Å². The summed E-state index contributed by atoms with van der Waals surface area (Å²) in [4.78, 5) is 9.52. The van der Waals surface area contributed by atoms with Gasteiger partial charge in [0.1, 0.15) is 23.3 Å². The van der Waals surface area contributed by atoms with Crippen LogP contribution in [-0.4, -0.2) is 9.97 Å². The van der Waals surface area contributed by atoms with Crippen molar-refractivity contribution < 1.29 is 4.42 Å². The highest BCUT2D eigenvalue weighted by Gasteiger charge is 2.28. The second-order valence-electron chi connectivity index (χ2n) is 11.3. The van der Waals surface area contributed by atoms with Crippen molar-refractivity contribution >= 4 is 21.9 Å². The van der Waals surface area contributed by atoms with E-state index in [0.29, 0.717) is 5.92 Å². The summed E-state index contributed by atoms with van der Waals surface area (Å²) < 4.78 is 6.57. The SMILES string of the molecule is CC(C)Cc1cccc2c1CCc1oc3c(-c4cc(C(C)(C)C)c5ccccc5c4)ncnc3c1-2. The summed E-state index contributed by atoms with van der Waals surface area (Å²) in [7, 11) is 0. The van der Waals surface area contributed by atoms with Gasteiger partial charge >= 0.3 is 0 Å². The van der Waals surface area contributed by atoms with Gasteiger partial charge in [-0.3, -0.25) is 0 Å². The number of aromatic nitrogens is 2. The van der Waals surface area contributed by atoms with E-state index in [4.69, 9.17) is 14.4 Å². The van der Waals surface area contributed by atoms with Gasteiger partial charge in [0.05, 0.1) is 5.56 Å². The number of rotatable bonds is 3. The van der Waals surface area contributed by atoms with Crippen LogP contribution in [-0.2, 0) is 24.7 Å². The van der Waals surface area contributed by atoms with Crippen LogP contribution in [0.5, 0.6) is 0 Å². The molecule has 0 bridgehead atoms. The molecule has 0 amide bonds. The van der Waals surface area contributed by atoms with Gasteiger partial charge in [-0.2, -0.15) is 0 Å². The summed E-state index contributed by atoms with van der Waals surface area (Å²) in [5, 5.41) is 2.51. The van der Waals surface area contributed by atoms with Gasteiger partial charge in [-0.1, -0.05) is 77.1 Å². The first-order valence-corrected chi connectivity index (χ1v) is 12.7. The highest BCUT2D eigenvalue weighted by molar-refractivity contribution is 6.01. The van der Waals surface area contributed by atoms with Gasteiger partial charge in [-0.15, -0.1) is 0 Å². The van der Waals surface area contributed by atoms with E-state index in [9.17, 15) is 0 Å². The van der Waals surface area contributed by atoms with E-state index in [1.807, 2.05) is 0 Å². The molecule has 3 aromatic carbocycles. The van der Waals surface area contributed by atoms with Gasteiger partial charge < -0.3 is 4.42 Å². The predicted octanol–water partition coefficient (Wildman–Crippen LogP) is 8.30. The molecular formula is C32H32N2O. The highest BCUT2D eigenvalue weighted by Crippen LogP contribution is 2.44. The summed E-state index contributed by atoms with van der Waals surface area (Å²) in [5.74, 6) is 1.66. The first-order chi connectivity index (χ1) is 16.8. The largest absolute Gasteiger partial charge is 0.456 e. The average molecular weight is 461 g/mol. The average Bonchev–Trinajstić information content (AvgIpc) is 3.22. The van der Waals surface area contributed by atoms with Crippen molar-refractivity contribution in [2.45, 2.75) is 59.3 Å². The van der Waals surface area contributed by atoms with Crippen molar-refractivity contribution in [3.05, 3.63) is 83.4 Å². The van der Waals surface area contributed by atoms with Crippen molar-refractivity contribution in [2.75, 3.05) is 0 Å². The Kier molecular flexibility index (Phi) is 5.07. The Balaban J connectivity index is 1.58. The first-order valence-electron chi connectivity index (χ1n) is 12.7. The lowest BCUT2D eigenvalue weighted by molar-refractivity contribution is 0.544. The molecule has 1 aliphatic rings. The van der Waals surface area contributed by atoms with Crippen LogP contribution >= 0.6 is 0 Å². The second kappa shape index (κ2) is 8.05. The summed E-state index contributed by atoms with van der Waals surface area (Å²) >= 11 is 0. The zero-order valence-corrected chi connectivity index (χ0v) is 21.3. The number of benzene rings is 3. The minimum Gasteiger partial charge on any atom is -0.456 e. The Labute approximate surface area is 207 Å². The van der Waals surface area contributed by atoms with Crippen LogP contribution in [0.4, 0.5) is 0 Å². The molecule has 0 fully saturated rings. The van der Waals surface area contributed by atoms with Gasteiger partial charge in [0.15, 0.2) is 5.58 Å². The van der Waals surface area contributed by atoms with Crippen molar-refractivity contribution in [2.24, 2.45) is 5.92 Å². The number of hydrogen-bond acceptors (Lipinski definition) is 3. The van der Waals surface area contributed by atoms with E-state index in [0.717, 1.165) is 52.9 Å². The molecule has 0 aliphatic heterocycles. The van der Waals surface area contributed by atoms with Crippen molar-refractivity contribution in [1.29, 1.82) is 0 Å². The molecular weight excluding hydrogens is 428 g/mol. The molecule has 2 heterocycles. The zero-order chi connectivity index (χ0) is 24.3. The first kappa shape index (κ1) is 22.0. The predicted molar refractivity (Wildman–Crippen MR) is 145 cm³/mol. The Morgan fingerprint density at radius 2 is 1.77 bits per heavy atom. The van der Waals surface area contributed by atoms with Gasteiger partial charge in [-0.25, -0.2) is 9.97 Å².